The molecule has 0 saturated heterocycles. The third kappa shape index (κ3) is 3.90. The number of nitrogens with zero attached hydrogens (tertiary/aromatic N) is 4. The predicted molar refractivity (Wildman–Crippen MR) is 191 cm³/mol. The first-order chi connectivity index (χ1) is 23.3. The number of hydrogen-bond acceptors (Lipinski definition) is 3. The van der Waals surface area contributed by atoms with E-state index in [1.54, 1.807) is 0 Å². The minimum absolute atomic E-state index is 0.753. The van der Waals surface area contributed by atoms with Crippen molar-refractivity contribution >= 4 is 54.6 Å². The highest BCUT2D eigenvalue weighted by molar-refractivity contribution is 6.18. The Balaban J connectivity index is 1.15. The average Bonchev–Trinajstić information content (AvgIpc) is 3.84. The first-order valence-corrected chi connectivity index (χ1v) is 15.7. The number of benzene rings is 6. The molecule has 0 aliphatic heterocycles. The van der Waals surface area contributed by atoms with E-state index in [2.05, 4.69) is 142 Å². The van der Waals surface area contributed by atoms with Crippen LogP contribution in [0.2, 0.25) is 0 Å². The fraction of sp³-hybridized carbons (Fsp3) is 0. The number of rotatable bonds is 4. The minimum atomic E-state index is 0.753. The molecule has 0 radical (unpaired) electrons. The van der Waals surface area contributed by atoms with Gasteiger partial charge < -0.3 is 4.74 Å². The van der Waals surface area contributed by atoms with Gasteiger partial charge in [-0.15, -0.1) is 0 Å². The Morgan fingerprint density at radius 3 is 1.36 bits per heavy atom. The number of ether oxygens (including phenoxy) is 1. The molecule has 0 bridgehead atoms. The summed E-state index contributed by atoms with van der Waals surface area (Å²) in [5.74, 6) is 1.51. The van der Waals surface area contributed by atoms with E-state index in [4.69, 9.17) is 14.7 Å². The third-order valence-corrected chi connectivity index (χ3v) is 9.29. The van der Waals surface area contributed by atoms with Crippen LogP contribution in [0.4, 0.5) is 0 Å². The zero-order chi connectivity index (χ0) is 30.9. The molecule has 5 nitrogen and oxygen atoms in total. The van der Waals surface area contributed by atoms with Crippen LogP contribution in [-0.4, -0.2) is 18.8 Å². The summed E-state index contributed by atoms with van der Waals surface area (Å²) in [6.07, 6.45) is 7.80. The van der Waals surface area contributed by atoms with Gasteiger partial charge in [0, 0.05) is 46.3 Å². The van der Waals surface area contributed by atoms with Gasteiger partial charge in [0.15, 0.2) is 0 Å². The van der Waals surface area contributed by atoms with E-state index >= 15 is 0 Å². The van der Waals surface area contributed by atoms with Crippen molar-refractivity contribution in [3.63, 3.8) is 0 Å². The summed E-state index contributed by atoms with van der Waals surface area (Å²) in [4.78, 5) is 9.55. The molecule has 0 amide bonds. The highest BCUT2D eigenvalue weighted by atomic mass is 16.5. The van der Waals surface area contributed by atoms with Gasteiger partial charge in [-0.3, -0.25) is 8.80 Å². The summed E-state index contributed by atoms with van der Waals surface area (Å²) < 4.78 is 11.0. The van der Waals surface area contributed by atoms with Gasteiger partial charge in [0.1, 0.15) is 22.8 Å². The molecule has 0 unspecified atom stereocenters. The monoisotopic (exact) mass is 602 g/mol. The molecule has 0 fully saturated rings. The maximum absolute atomic E-state index is 6.63. The zero-order valence-corrected chi connectivity index (χ0v) is 25.2. The van der Waals surface area contributed by atoms with Crippen molar-refractivity contribution in [3.05, 3.63) is 158 Å². The number of aromatic nitrogens is 4. The van der Waals surface area contributed by atoms with Crippen molar-refractivity contribution in [3.8, 4) is 33.8 Å². The quantitative estimate of drug-likeness (QED) is 0.188. The molecule has 0 spiro atoms. The summed E-state index contributed by atoms with van der Waals surface area (Å²) >= 11 is 0. The Morgan fingerprint density at radius 2 is 0.894 bits per heavy atom. The molecule has 0 N–H and O–H groups in total. The van der Waals surface area contributed by atoms with Crippen molar-refractivity contribution in [2.45, 2.75) is 0 Å². The molecule has 47 heavy (non-hydrogen) atoms. The van der Waals surface area contributed by atoms with Crippen LogP contribution in [0.1, 0.15) is 0 Å². The molecule has 220 valence electrons. The van der Waals surface area contributed by atoms with Crippen LogP contribution in [0.3, 0.4) is 0 Å². The molecule has 6 aromatic carbocycles. The van der Waals surface area contributed by atoms with Crippen molar-refractivity contribution in [1.82, 2.24) is 18.8 Å². The number of hydrogen-bond donors (Lipinski definition) is 0. The second kappa shape index (κ2) is 10.0. The van der Waals surface area contributed by atoms with Gasteiger partial charge in [-0.25, -0.2) is 9.97 Å². The van der Waals surface area contributed by atoms with Crippen LogP contribution in [0.15, 0.2) is 158 Å². The lowest BCUT2D eigenvalue weighted by Gasteiger charge is -2.15. The van der Waals surface area contributed by atoms with Crippen molar-refractivity contribution in [2.75, 3.05) is 0 Å². The molecule has 4 aromatic heterocycles. The van der Waals surface area contributed by atoms with E-state index in [1.165, 1.54) is 33.0 Å². The Bertz CT molecular complexity index is 2620. The fourth-order valence-corrected chi connectivity index (χ4v) is 7.27. The Hall–Kier alpha value is -6.46. The van der Waals surface area contributed by atoms with Gasteiger partial charge in [-0.1, -0.05) is 84.9 Å². The fourth-order valence-electron chi connectivity index (χ4n) is 7.27. The van der Waals surface area contributed by atoms with Crippen molar-refractivity contribution < 1.29 is 4.74 Å². The molecule has 10 aromatic rings. The van der Waals surface area contributed by atoms with Gasteiger partial charge in [-0.2, -0.15) is 0 Å². The van der Waals surface area contributed by atoms with E-state index in [1.807, 2.05) is 24.8 Å². The summed E-state index contributed by atoms with van der Waals surface area (Å²) in [5.41, 5.74) is 8.81. The molecule has 0 saturated carbocycles. The molecule has 4 heterocycles. The van der Waals surface area contributed by atoms with E-state index < -0.39 is 0 Å². The summed E-state index contributed by atoms with van der Waals surface area (Å²) in [6.45, 7) is 0. The molecule has 0 atom stereocenters. The lowest BCUT2D eigenvalue weighted by molar-refractivity contribution is 0.484. The van der Waals surface area contributed by atoms with E-state index in [9.17, 15) is 0 Å². The SMILES string of the molecule is c1ccc(-c2cccc3c2c2ccc(Oc4ccc5c(c4)c4nccn4c4cccc(-c6ccccc6)c54)cc2c2nccn32)cc1. The highest BCUT2D eigenvalue weighted by Crippen LogP contribution is 2.40. The lowest BCUT2D eigenvalue weighted by atomic mass is 9.96. The maximum atomic E-state index is 6.63. The van der Waals surface area contributed by atoms with Gasteiger partial charge in [0.05, 0.1) is 11.0 Å². The second-order valence-electron chi connectivity index (χ2n) is 11.9. The Labute approximate surface area is 269 Å². The van der Waals surface area contributed by atoms with E-state index in [-0.39, 0.29) is 0 Å². The van der Waals surface area contributed by atoms with Crippen molar-refractivity contribution in [1.29, 1.82) is 0 Å². The van der Waals surface area contributed by atoms with Crippen LogP contribution in [0.5, 0.6) is 11.5 Å². The summed E-state index contributed by atoms with van der Waals surface area (Å²) in [5, 5.41) is 6.75. The average molecular weight is 603 g/mol. The lowest BCUT2D eigenvalue weighted by Crippen LogP contribution is -1.94. The molecular formula is C42H26N4O. The Morgan fingerprint density at radius 1 is 0.426 bits per heavy atom. The topological polar surface area (TPSA) is 43.8 Å². The summed E-state index contributed by atoms with van der Waals surface area (Å²) in [6, 6.07) is 46.8. The van der Waals surface area contributed by atoms with Crippen LogP contribution >= 0.6 is 0 Å². The van der Waals surface area contributed by atoms with E-state index in [0.29, 0.717) is 0 Å². The van der Waals surface area contributed by atoms with Crippen molar-refractivity contribution in [2.24, 2.45) is 0 Å². The van der Waals surface area contributed by atoms with E-state index in [0.717, 1.165) is 55.4 Å². The largest absolute Gasteiger partial charge is 0.457 e. The predicted octanol–water partition coefficient (Wildman–Crippen LogP) is 10.7. The minimum Gasteiger partial charge on any atom is -0.457 e. The van der Waals surface area contributed by atoms with Gasteiger partial charge in [0.2, 0.25) is 0 Å². The van der Waals surface area contributed by atoms with Crippen LogP contribution in [0, 0.1) is 0 Å². The first kappa shape index (κ1) is 25.8. The standard InChI is InChI=1S/C42H26N4O/c1-3-9-27(10-4-1)31-13-7-15-37-39(31)33-19-17-29(25-35(33)41-43-21-23-45(37)41)47-30-18-20-34-36(26-30)42-44-22-24-46(42)38-16-8-14-32(40(34)38)28-11-5-2-6-12-28/h1-26H. The molecule has 5 heteroatoms. The molecule has 0 aliphatic rings. The highest BCUT2D eigenvalue weighted by Gasteiger charge is 2.17. The Kier molecular flexibility index (Phi) is 5.51. The molecule has 10 rings (SSSR count). The normalized spacial score (nSPS) is 11.8. The third-order valence-electron chi connectivity index (χ3n) is 9.29. The molecular weight excluding hydrogens is 576 g/mol. The second-order valence-corrected chi connectivity index (χ2v) is 11.9. The number of fused-ring (bicyclic) bond motifs is 12. The number of pyridine rings is 2. The smallest absolute Gasteiger partial charge is 0.145 e. The van der Waals surface area contributed by atoms with Gasteiger partial charge in [-0.05, 0) is 81.6 Å². The van der Waals surface area contributed by atoms with Gasteiger partial charge in [0.25, 0.3) is 0 Å². The van der Waals surface area contributed by atoms with Crippen LogP contribution in [0.25, 0.3) is 76.9 Å². The van der Waals surface area contributed by atoms with Gasteiger partial charge >= 0.3 is 0 Å². The first-order valence-electron chi connectivity index (χ1n) is 15.7. The van der Waals surface area contributed by atoms with Crippen LogP contribution < -0.4 is 4.74 Å². The molecule has 0 aliphatic carbocycles. The zero-order valence-electron chi connectivity index (χ0n) is 25.2. The summed E-state index contributed by atoms with van der Waals surface area (Å²) in [7, 11) is 0. The number of imidazole rings is 2. The maximum Gasteiger partial charge on any atom is 0.145 e. The van der Waals surface area contributed by atoms with Crippen LogP contribution in [-0.2, 0) is 0 Å².